The first kappa shape index (κ1) is 18.5. The highest BCUT2D eigenvalue weighted by Crippen LogP contribution is 2.31. The summed E-state index contributed by atoms with van der Waals surface area (Å²) in [6.07, 6.45) is 3.77. The van der Waals surface area contributed by atoms with Gasteiger partial charge in [0, 0.05) is 29.4 Å². The zero-order chi connectivity index (χ0) is 19.9. The number of amides is 2. The lowest BCUT2D eigenvalue weighted by atomic mass is 10.1. The lowest BCUT2D eigenvalue weighted by Crippen LogP contribution is -2.27. The van der Waals surface area contributed by atoms with Crippen LogP contribution in [0.4, 0.5) is 11.4 Å². The maximum atomic E-state index is 12.6. The Morgan fingerprint density at radius 3 is 2.50 bits per heavy atom. The van der Waals surface area contributed by atoms with Crippen LogP contribution >= 0.6 is 0 Å². The van der Waals surface area contributed by atoms with Crippen LogP contribution in [0.1, 0.15) is 39.1 Å². The molecule has 1 fully saturated rings. The van der Waals surface area contributed by atoms with Gasteiger partial charge < -0.3 is 10.6 Å². The van der Waals surface area contributed by atoms with Gasteiger partial charge >= 0.3 is 0 Å². The Kier molecular flexibility index (Phi) is 4.58. The quantitative estimate of drug-likeness (QED) is 0.805. The van der Waals surface area contributed by atoms with E-state index in [9.17, 15) is 18.0 Å². The fourth-order valence-corrected chi connectivity index (χ4v) is 4.25. The summed E-state index contributed by atoms with van der Waals surface area (Å²) in [5.41, 5.74) is 2.93. The van der Waals surface area contributed by atoms with Crippen LogP contribution in [-0.4, -0.2) is 39.1 Å². The Morgan fingerprint density at radius 1 is 1.04 bits per heavy atom. The standard InChI is InChI=1S/C20H21N3O4S/c1-28(26,27)23-10-9-13-11-15(5-8-18(13)23)20(25)22-17-4-2-3-14(12-17)19(24)21-16-6-7-16/h2-5,8,11-12,16H,6-7,9-10H2,1H3,(H,21,24)(H,22,25). The molecular weight excluding hydrogens is 378 g/mol. The van der Waals surface area contributed by atoms with Gasteiger partial charge in [0.25, 0.3) is 11.8 Å². The van der Waals surface area contributed by atoms with E-state index in [1.807, 2.05) is 0 Å². The van der Waals surface area contributed by atoms with Crippen LogP contribution in [0.25, 0.3) is 0 Å². The van der Waals surface area contributed by atoms with Gasteiger partial charge in [0.1, 0.15) is 0 Å². The molecule has 1 aliphatic heterocycles. The molecule has 4 rings (SSSR count). The highest BCUT2D eigenvalue weighted by Gasteiger charge is 2.27. The largest absolute Gasteiger partial charge is 0.349 e. The van der Waals surface area contributed by atoms with E-state index in [2.05, 4.69) is 10.6 Å². The number of hydrogen-bond donors (Lipinski definition) is 2. The molecule has 146 valence electrons. The van der Waals surface area contributed by atoms with Crippen molar-refractivity contribution in [3.8, 4) is 0 Å². The summed E-state index contributed by atoms with van der Waals surface area (Å²) in [6.45, 7) is 0.386. The van der Waals surface area contributed by atoms with E-state index in [-0.39, 0.29) is 17.9 Å². The van der Waals surface area contributed by atoms with E-state index >= 15 is 0 Å². The smallest absolute Gasteiger partial charge is 0.255 e. The SMILES string of the molecule is CS(=O)(=O)N1CCc2cc(C(=O)Nc3cccc(C(=O)NC4CC4)c3)ccc21. The van der Waals surface area contributed by atoms with E-state index in [1.54, 1.807) is 42.5 Å². The van der Waals surface area contributed by atoms with E-state index < -0.39 is 10.0 Å². The summed E-state index contributed by atoms with van der Waals surface area (Å²) >= 11 is 0. The molecule has 0 spiro atoms. The maximum Gasteiger partial charge on any atom is 0.255 e. The molecule has 0 atom stereocenters. The van der Waals surface area contributed by atoms with Crippen LogP contribution in [0.2, 0.25) is 0 Å². The average Bonchev–Trinajstić information content (AvgIpc) is 3.35. The van der Waals surface area contributed by atoms with Crippen molar-refractivity contribution in [2.24, 2.45) is 0 Å². The average molecular weight is 399 g/mol. The molecule has 7 nitrogen and oxygen atoms in total. The monoisotopic (exact) mass is 399 g/mol. The van der Waals surface area contributed by atoms with Gasteiger partial charge in [0.2, 0.25) is 10.0 Å². The number of sulfonamides is 1. The van der Waals surface area contributed by atoms with Gasteiger partial charge in [-0.15, -0.1) is 0 Å². The van der Waals surface area contributed by atoms with Crippen LogP contribution in [0.5, 0.6) is 0 Å². The molecule has 0 aromatic heterocycles. The Bertz CT molecular complexity index is 1060. The van der Waals surface area contributed by atoms with Gasteiger partial charge in [0.05, 0.1) is 11.9 Å². The van der Waals surface area contributed by atoms with Crippen molar-refractivity contribution in [1.29, 1.82) is 0 Å². The summed E-state index contributed by atoms with van der Waals surface area (Å²) in [4.78, 5) is 24.8. The molecule has 0 saturated heterocycles. The molecule has 1 heterocycles. The van der Waals surface area contributed by atoms with Crippen molar-refractivity contribution in [2.45, 2.75) is 25.3 Å². The number of nitrogens with one attached hydrogen (secondary N) is 2. The minimum atomic E-state index is -3.32. The number of benzene rings is 2. The zero-order valence-electron chi connectivity index (χ0n) is 15.4. The third kappa shape index (κ3) is 3.87. The predicted molar refractivity (Wildman–Crippen MR) is 107 cm³/mol. The van der Waals surface area contributed by atoms with E-state index in [1.165, 1.54) is 10.6 Å². The number of carbonyl (C=O) groups is 2. The Labute approximate surface area is 163 Å². The summed E-state index contributed by atoms with van der Waals surface area (Å²) < 4.78 is 25.0. The topological polar surface area (TPSA) is 95.6 Å². The Morgan fingerprint density at radius 2 is 1.79 bits per heavy atom. The molecule has 2 aliphatic rings. The molecule has 2 aromatic carbocycles. The van der Waals surface area contributed by atoms with Crippen molar-refractivity contribution >= 4 is 33.2 Å². The molecule has 1 saturated carbocycles. The number of fused-ring (bicyclic) bond motifs is 1. The van der Waals surface area contributed by atoms with Crippen LogP contribution < -0.4 is 14.9 Å². The molecule has 2 amide bonds. The highest BCUT2D eigenvalue weighted by atomic mass is 32.2. The van der Waals surface area contributed by atoms with Gasteiger partial charge in [-0.2, -0.15) is 0 Å². The molecule has 2 aromatic rings. The van der Waals surface area contributed by atoms with Gasteiger partial charge in [-0.05, 0) is 61.2 Å². The first-order chi connectivity index (χ1) is 13.3. The fourth-order valence-electron chi connectivity index (χ4n) is 3.30. The number of nitrogens with zero attached hydrogens (tertiary/aromatic N) is 1. The third-order valence-electron chi connectivity index (χ3n) is 4.89. The summed E-state index contributed by atoms with van der Waals surface area (Å²) in [6, 6.07) is 12.1. The van der Waals surface area contributed by atoms with Crippen molar-refractivity contribution < 1.29 is 18.0 Å². The van der Waals surface area contributed by atoms with Crippen LogP contribution in [0.15, 0.2) is 42.5 Å². The number of carbonyl (C=O) groups excluding carboxylic acids is 2. The molecule has 8 heteroatoms. The Balaban J connectivity index is 1.49. The van der Waals surface area contributed by atoms with Crippen LogP contribution in [0, 0.1) is 0 Å². The van der Waals surface area contributed by atoms with Crippen molar-refractivity contribution in [3.05, 3.63) is 59.2 Å². The van der Waals surface area contributed by atoms with Crippen molar-refractivity contribution in [1.82, 2.24) is 5.32 Å². The van der Waals surface area contributed by atoms with Crippen molar-refractivity contribution in [3.63, 3.8) is 0 Å². The zero-order valence-corrected chi connectivity index (χ0v) is 16.3. The second-order valence-corrected chi connectivity index (χ2v) is 9.12. The normalized spacial score (nSPS) is 15.8. The number of hydrogen-bond acceptors (Lipinski definition) is 4. The Hall–Kier alpha value is -2.87. The van der Waals surface area contributed by atoms with E-state index in [0.29, 0.717) is 35.5 Å². The molecule has 0 unspecified atom stereocenters. The minimum absolute atomic E-state index is 0.142. The molecular formula is C20H21N3O4S. The summed E-state index contributed by atoms with van der Waals surface area (Å²) in [7, 11) is -3.32. The first-order valence-electron chi connectivity index (χ1n) is 9.14. The first-order valence-corrected chi connectivity index (χ1v) is 11.0. The maximum absolute atomic E-state index is 12.6. The molecule has 28 heavy (non-hydrogen) atoms. The second-order valence-electron chi connectivity index (χ2n) is 7.21. The number of anilines is 2. The fraction of sp³-hybridized carbons (Fsp3) is 0.300. The lowest BCUT2D eigenvalue weighted by molar-refractivity contribution is 0.0949. The molecule has 0 bridgehead atoms. The lowest BCUT2D eigenvalue weighted by Gasteiger charge is -2.16. The van der Waals surface area contributed by atoms with Gasteiger partial charge in [-0.25, -0.2) is 8.42 Å². The van der Waals surface area contributed by atoms with Crippen LogP contribution in [0.3, 0.4) is 0 Å². The molecule has 0 radical (unpaired) electrons. The van der Waals surface area contributed by atoms with Crippen LogP contribution in [-0.2, 0) is 16.4 Å². The van der Waals surface area contributed by atoms with E-state index in [0.717, 1.165) is 18.4 Å². The predicted octanol–water partition coefficient (Wildman–Crippen LogP) is 2.15. The minimum Gasteiger partial charge on any atom is -0.349 e. The number of rotatable bonds is 5. The van der Waals surface area contributed by atoms with Gasteiger partial charge in [-0.1, -0.05) is 6.07 Å². The highest BCUT2D eigenvalue weighted by molar-refractivity contribution is 7.92. The van der Waals surface area contributed by atoms with Gasteiger partial charge in [0.15, 0.2) is 0 Å². The second kappa shape index (κ2) is 6.94. The van der Waals surface area contributed by atoms with E-state index in [4.69, 9.17) is 0 Å². The molecule has 1 aliphatic carbocycles. The summed E-state index contributed by atoms with van der Waals surface area (Å²) in [5.74, 6) is -0.447. The van der Waals surface area contributed by atoms with Crippen molar-refractivity contribution in [2.75, 3.05) is 22.4 Å². The summed E-state index contributed by atoms with van der Waals surface area (Å²) in [5, 5.41) is 5.73. The molecule has 2 N–H and O–H groups in total. The van der Waals surface area contributed by atoms with Gasteiger partial charge in [-0.3, -0.25) is 13.9 Å². The third-order valence-corrected chi connectivity index (χ3v) is 6.07.